The number of carbonyl (C=O) groups excluding carboxylic acids is 1. The van der Waals surface area contributed by atoms with E-state index in [1.807, 2.05) is 84.6 Å². The van der Waals surface area contributed by atoms with E-state index < -0.39 is 0 Å². The molecule has 1 amide bonds. The first-order valence-electron chi connectivity index (χ1n) is 15.7. The second kappa shape index (κ2) is 15.3. The van der Waals surface area contributed by atoms with E-state index in [1.54, 1.807) is 38.5 Å². The molecule has 0 saturated carbocycles. The standard InChI is InChI=1S/C37H41N3O6/c1-4-46-32-23-34(44-2)33(35(24-32)45-3)26-39(25-27-11-7-5-8-12-27)37(41)36(28-13-9-6-10-14-28)29-19-21-38(22-20-29)30-15-17-31(18-16-30)40(42)43/h5-18,23-24,29,36H,4,19-22,25-26H2,1-3H3. The second-order valence-corrected chi connectivity index (χ2v) is 11.4. The highest BCUT2D eigenvalue weighted by Gasteiger charge is 2.36. The van der Waals surface area contributed by atoms with Gasteiger partial charge in [-0.15, -0.1) is 0 Å². The normalized spacial score (nSPS) is 13.9. The summed E-state index contributed by atoms with van der Waals surface area (Å²) in [6.07, 6.45) is 1.61. The van der Waals surface area contributed by atoms with Gasteiger partial charge >= 0.3 is 0 Å². The Balaban J connectivity index is 1.46. The molecular formula is C37H41N3O6. The van der Waals surface area contributed by atoms with Crippen LogP contribution in [0.15, 0.2) is 97.1 Å². The van der Waals surface area contributed by atoms with Gasteiger partial charge in [-0.3, -0.25) is 14.9 Å². The van der Waals surface area contributed by atoms with Gasteiger partial charge in [0, 0.05) is 49.6 Å². The first-order valence-corrected chi connectivity index (χ1v) is 15.7. The van der Waals surface area contributed by atoms with E-state index in [0.717, 1.165) is 48.3 Å². The van der Waals surface area contributed by atoms with Gasteiger partial charge in [0.25, 0.3) is 5.69 Å². The van der Waals surface area contributed by atoms with Crippen LogP contribution in [0.1, 0.15) is 42.4 Å². The molecule has 0 N–H and O–H groups in total. The molecule has 1 aliphatic rings. The Morgan fingerprint density at radius 3 is 2.02 bits per heavy atom. The number of nitro groups is 1. The van der Waals surface area contributed by atoms with E-state index in [4.69, 9.17) is 14.2 Å². The minimum atomic E-state index is -0.383. The quantitative estimate of drug-likeness (QED) is 0.114. The van der Waals surface area contributed by atoms with Crippen LogP contribution in [-0.2, 0) is 17.9 Å². The molecule has 46 heavy (non-hydrogen) atoms. The molecule has 4 aromatic carbocycles. The van der Waals surface area contributed by atoms with Gasteiger partial charge in [-0.25, -0.2) is 0 Å². The van der Waals surface area contributed by atoms with E-state index in [-0.39, 0.29) is 34.9 Å². The van der Waals surface area contributed by atoms with Gasteiger partial charge < -0.3 is 24.0 Å². The van der Waals surface area contributed by atoms with Gasteiger partial charge in [-0.1, -0.05) is 60.7 Å². The number of hydrogen-bond donors (Lipinski definition) is 0. The number of rotatable bonds is 13. The van der Waals surface area contributed by atoms with Crippen molar-refractivity contribution in [2.75, 3.05) is 38.8 Å². The number of anilines is 1. The molecule has 0 aliphatic carbocycles. The summed E-state index contributed by atoms with van der Waals surface area (Å²) in [5.74, 6) is 1.63. The monoisotopic (exact) mass is 623 g/mol. The number of piperidine rings is 1. The third kappa shape index (κ3) is 7.59. The highest BCUT2D eigenvalue weighted by atomic mass is 16.6. The molecule has 1 aliphatic heterocycles. The van der Waals surface area contributed by atoms with Crippen LogP contribution >= 0.6 is 0 Å². The molecule has 0 bridgehead atoms. The summed E-state index contributed by atoms with van der Waals surface area (Å²) in [6, 6.07) is 30.4. The van der Waals surface area contributed by atoms with Crippen LogP contribution in [0.3, 0.4) is 0 Å². The van der Waals surface area contributed by atoms with Crippen LogP contribution in [0.25, 0.3) is 0 Å². The van der Waals surface area contributed by atoms with Gasteiger partial charge in [-0.2, -0.15) is 0 Å². The van der Waals surface area contributed by atoms with Crippen LogP contribution in [0.2, 0.25) is 0 Å². The van der Waals surface area contributed by atoms with Crippen LogP contribution in [-0.4, -0.2) is 49.6 Å². The zero-order valence-corrected chi connectivity index (χ0v) is 26.6. The first-order chi connectivity index (χ1) is 22.4. The molecule has 240 valence electrons. The topological polar surface area (TPSA) is 94.4 Å². The third-order valence-electron chi connectivity index (χ3n) is 8.63. The lowest BCUT2D eigenvalue weighted by atomic mass is 9.79. The molecule has 1 atom stereocenters. The average Bonchev–Trinajstić information content (AvgIpc) is 3.09. The third-order valence-corrected chi connectivity index (χ3v) is 8.63. The van der Waals surface area contributed by atoms with E-state index in [0.29, 0.717) is 30.4 Å². The molecule has 1 heterocycles. The molecular weight excluding hydrogens is 582 g/mol. The Hall–Kier alpha value is -5.05. The number of methoxy groups -OCH3 is 2. The summed E-state index contributed by atoms with van der Waals surface area (Å²) < 4.78 is 17.4. The number of nitrogens with zero attached hydrogens (tertiary/aromatic N) is 3. The lowest BCUT2D eigenvalue weighted by molar-refractivity contribution is -0.384. The van der Waals surface area contributed by atoms with Crippen molar-refractivity contribution in [3.8, 4) is 17.2 Å². The van der Waals surface area contributed by atoms with Crippen molar-refractivity contribution in [1.29, 1.82) is 0 Å². The van der Waals surface area contributed by atoms with E-state index in [1.165, 1.54) is 0 Å². The molecule has 0 aromatic heterocycles. The predicted molar refractivity (Wildman–Crippen MR) is 179 cm³/mol. The summed E-state index contributed by atoms with van der Waals surface area (Å²) in [4.78, 5) is 29.8. The molecule has 9 nitrogen and oxygen atoms in total. The van der Waals surface area contributed by atoms with Gasteiger partial charge in [0.1, 0.15) is 17.2 Å². The lowest BCUT2D eigenvalue weighted by Gasteiger charge is -2.39. The fourth-order valence-corrected chi connectivity index (χ4v) is 6.32. The number of non-ortho nitro benzene ring substituents is 1. The Kier molecular flexibility index (Phi) is 10.8. The van der Waals surface area contributed by atoms with Crippen molar-refractivity contribution in [2.45, 2.75) is 38.8 Å². The highest BCUT2D eigenvalue weighted by Crippen LogP contribution is 2.39. The number of carbonyl (C=O) groups is 1. The lowest BCUT2D eigenvalue weighted by Crippen LogP contribution is -2.42. The van der Waals surface area contributed by atoms with Crippen molar-refractivity contribution < 1.29 is 23.9 Å². The second-order valence-electron chi connectivity index (χ2n) is 11.4. The number of hydrogen-bond acceptors (Lipinski definition) is 7. The van der Waals surface area contributed by atoms with Crippen molar-refractivity contribution in [3.05, 3.63) is 124 Å². The van der Waals surface area contributed by atoms with Gasteiger partial charge in [0.05, 0.1) is 43.8 Å². The van der Waals surface area contributed by atoms with Crippen LogP contribution < -0.4 is 19.1 Å². The van der Waals surface area contributed by atoms with E-state index in [2.05, 4.69) is 4.90 Å². The Morgan fingerprint density at radius 2 is 1.48 bits per heavy atom. The first kappa shape index (κ1) is 32.3. The zero-order valence-electron chi connectivity index (χ0n) is 26.6. The number of nitro benzene ring substituents is 1. The Labute approximate surface area is 270 Å². The van der Waals surface area contributed by atoms with Crippen LogP contribution in [0.5, 0.6) is 17.2 Å². The molecule has 1 saturated heterocycles. The van der Waals surface area contributed by atoms with Crippen molar-refractivity contribution in [3.63, 3.8) is 0 Å². The van der Waals surface area contributed by atoms with E-state index in [9.17, 15) is 14.9 Å². The summed E-state index contributed by atoms with van der Waals surface area (Å²) in [5, 5.41) is 11.1. The van der Waals surface area contributed by atoms with Gasteiger partial charge in [-0.05, 0) is 48.9 Å². The zero-order chi connectivity index (χ0) is 32.5. The minimum absolute atomic E-state index is 0.0434. The largest absolute Gasteiger partial charge is 0.496 e. The minimum Gasteiger partial charge on any atom is -0.496 e. The number of benzene rings is 4. The molecule has 0 spiro atoms. The molecule has 0 radical (unpaired) electrons. The predicted octanol–water partition coefficient (Wildman–Crippen LogP) is 7.24. The molecule has 5 rings (SSSR count). The van der Waals surface area contributed by atoms with Crippen LogP contribution in [0, 0.1) is 16.0 Å². The van der Waals surface area contributed by atoms with Crippen LogP contribution in [0.4, 0.5) is 11.4 Å². The van der Waals surface area contributed by atoms with Crippen molar-refractivity contribution in [1.82, 2.24) is 4.90 Å². The highest BCUT2D eigenvalue weighted by molar-refractivity contribution is 5.84. The summed E-state index contributed by atoms with van der Waals surface area (Å²) >= 11 is 0. The number of amides is 1. The molecule has 9 heteroatoms. The molecule has 1 unspecified atom stereocenters. The van der Waals surface area contributed by atoms with Crippen molar-refractivity contribution in [2.24, 2.45) is 5.92 Å². The average molecular weight is 624 g/mol. The summed E-state index contributed by atoms with van der Waals surface area (Å²) in [5.41, 5.74) is 3.82. The molecule has 1 fully saturated rings. The fraction of sp³-hybridized carbons (Fsp3) is 0.324. The van der Waals surface area contributed by atoms with Gasteiger partial charge in [0.2, 0.25) is 5.91 Å². The van der Waals surface area contributed by atoms with E-state index >= 15 is 0 Å². The smallest absolute Gasteiger partial charge is 0.269 e. The maximum absolute atomic E-state index is 14.9. The fourth-order valence-electron chi connectivity index (χ4n) is 6.32. The Morgan fingerprint density at radius 1 is 0.891 bits per heavy atom. The summed E-state index contributed by atoms with van der Waals surface area (Å²) in [7, 11) is 3.23. The number of ether oxygens (including phenoxy) is 3. The Bertz CT molecular complexity index is 1560. The maximum Gasteiger partial charge on any atom is 0.269 e. The molecule has 4 aromatic rings. The van der Waals surface area contributed by atoms with Gasteiger partial charge in [0.15, 0.2) is 0 Å². The van der Waals surface area contributed by atoms with Crippen molar-refractivity contribution >= 4 is 17.3 Å². The SMILES string of the molecule is CCOc1cc(OC)c(CN(Cc2ccccc2)C(=O)C(c2ccccc2)C2CCN(c3ccc([N+](=O)[O-])cc3)CC2)c(OC)c1. The summed E-state index contributed by atoms with van der Waals surface area (Å²) in [6.45, 7) is 4.64. The maximum atomic E-state index is 14.9.